The predicted octanol–water partition coefficient (Wildman–Crippen LogP) is 2.54. The van der Waals surface area contributed by atoms with Crippen LogP contribution in [0.5, 0.6) is 0 Å². The first-order valence-electron chi connectivity index (χ1n) is 6.85. The normalized spacial score (nSPS) is 11.5. The van der Waals surface area contributed by atoms with Crippen molar-refractivity contribution in [3.63, 3.8) is 0 Å². The SMILES string of the molecule is Cc1csc2[nH]c(=O)n(-c3ccc4c(ccn4C)c3)c(=O)c12. The van der Waals surface area contributed by atoms with Crippen molar-refractivity contribution >= 4 is 32.5 Å². The molecule has 110 valence electrons. The Hall–Kier alpha value is -2.60. The van der Waals surface area contributed by atoms with Crippen molar-refractivity contribution in [1.82, 2.24) is 14.1 Å². The minimum atomic E-state index is -0.408. The van der Waals surface area contributed by atoms with Gasteiger partial charge >= 0.3 is 5.69 Å². The van der Waals surface area contributed by atoms with Gasteiger partial charge in [0.25, 0.3) is 5.56 Å². The van der Waals surface area contributed by atoms with Gasteiger partial charge in [-0.25, -0.2) is 9.36 Å². The number of hydrogen-bond donors (Lipinski definition) is 1. The maximum absolute atomic E-state index is 12.7. The minimum Gasteiger partial charge on any atom is -0.351 e. The van der Waals surface area contributed by atoms with Crippen LogP contribution in [0.15, 0.2) is 45.4 Å². The van der Waals surface area contributed by atoms with Crippen molar-refractivity contribution in [3.05, 3.63) is 62.2 Å². The van der Waals surface area contributed by atoms with Gasteiger partial charge in [0, 0.05) is 24.1 Å². The molecule has 22 heavy (non-hydrogen) atoms. The summed E-state index contributed by atoms with van der Waals surface area (Å²) in [4.78, 5) is 28.5. The zero-order valence-corrected chi connectivity index (χ0v) is 12.9. The molecule has 0 aliphatic heterocycles. The second-order valence-electron chi connectivity index (χ2n) is 5.36. The average Bonchev–Trinajstić information content (AvgIpc) is 3.03. The van der Waals surface area contributed by atoms with Crippen molar-refractivity contribution in [2.24, 2.45) is 7.05 Å². The van der Waals surface area contributed by atoms with Gasteiger partial charge in [-0.3, -0.25) is 9.78 Å². The van der Waals surface area contributed by atoms with Crippen LogP contribution in [-0.2, 0) is 7.05 Å². The van der Waals surface area contributed by atoms with Crippen molar-refractivity contribution in [1.29, 1.82) is 0 Å². The molecule has 1 aromatic carbocycles. The Balaban J connectivity index is 2.09. The highest BCUT2D eigenvalue weighted by atomic mass is 32.1. The third-order valence-corrected chi connectivity index (χ3v) is 4.96. The van der Waals surface area contributed by atoms with Crippen LogP contribution < -0.4 is 11.2 Å². The molecule has 0 unspecified atom stereocenters. The van der Waals surface area contributed by atoms with Gasteiger partial charge in [-0.2, -0.15) is 0 Å². The van der Waals surface area contributed by atoms with E-state index in [1.165, 1.54) is 15.9 Å². The molecule has 5 nitrogen and oxygen atoms in total. The van der Waals surface area contributed by atoms with Gasteiger partial charge in [0.15, 0.2) is 0 Å². The van der Waals surface area contributed by atoms with Crippen LogP contribution in [0.25, 0.3) is 26.8 Å². The molecule has 0 saturated heterocycles. The van der Waals surface area contributed by atoms with Gasteiger partial charge in [0.2, 0.25) is 0 Å². The Kier molecular flexibility index (Phi) is 2.65. The Labute approximate surface area is 129 Å². The molecule has 4 aromatic rings. The first-order chi connectivity index (χ1) is 10.6. The Morgan fingerprint density at radius 3 is 2.82 bits per heavy atom. The van der Waals surface area contributed by atoms with Crippen LogP contribution in [0.2, 0.25) is 0 Å². The molecular weight excluding hydrogens is 298 g/mol. The summed E-state index contributed by atoms with van der Waals surface area (Å²) in [5.41, 5.74) is 1.84. The van der Waals surface area contributed by atoms with Gasteiger partial charge in [-0.15, -0.1) is 11.3 Å². The molecule has 0 amide bonds. The standard InChI is InChI=1S/C16H13N3O2S/c1-9-8-22-14-13(9)15(20)19(16(21)17-14)11-3-4-12-10(7-11)5-6-18(12)2/h3-8H,1-2H3,(H,17,21). The molecule has 6 heteroatoms. The van der Waals surface area contributed by atoms with Crippen molar-refractivity contribution in [2.75, 3.05) is 0 Å². The molecule has 0 saturated carbocycles. The van der Waals surface area contributed by atoms with Gasteiger partial charge in [0.1, 0.15) is 4.83 Å². The van der Waals surface area contributed by atoms with E-state index in [0.29, 0.717) is 15.9 Å². The van der Waals surface area contributed by atoms with E-state index < -0.39 is 5.69 Å². The molecule has 3 heterocycles. The van der Waals surface area contributed by atoms with Crippen LogP contribution in [0.3, 0.4) is 0 Å². The molecule has 3 aromatic heterocycles. The molecule has 0 aliphatic carbocycles. The number of hydrogen-bond acceptors (Lipinski definition) is 3. The highest BCUT2D eigenvalue weighted by Gasteiger charge is 2.13. The molecule has 4 rings (SSSR count). The monoisotopic (exact) mass is 311 g/mol. The molecule has 0 spiro atoms. The third kappa shape index (κ3) is 1.70. The fraction of sp³-hybridized carbons (Fsp3) is 0.125. The number of nitrogens with zero attached hydrogens (tertiary/aromatic N) is 2. The molecule has 0 aliphatic rings. The van der Waals surface area contributed by atoms with Gasteiger partial charge in [-0.1, -0.05) is 0 Å². The first kappa shape index (κ1) is 13.1. The fourth-order valence-electron chi connectivity index (χ4n) is 2.80. The van der Waals surface area contributed by atoms with E-state index >= 15 is 0 Å². The van der Waals surface area contributed by atoms with Crippen LogP contribution >= 0.6 is 11.3 Å². The van der Waals surface area contributed by atoms with Crippen molar-refractivity contribution in [3.8, 4) is 5.69 Å². The number of thiophene rings is 1. The Morgan fingerprint density at radius 1 is 1.18 bits per heavy atom. The van der Waals surface area contributed by atoms with Crippen LogP contribution in [0, 0.1) is 6.92 Å². The lowest BCUT2D eigenvalue weighted by Crippen LogP contribution is -2.33. The first-order valence-corrected chi connectivity index (χ1v) is 7.73. The maximum Gasteiger partial charge on any atom is 0.334 e. The van der Waals surface area contributed by atoms with Gasteiger partial charge in [0.05, 0.1) is 11.1 Å². The zero-order valence-electron chi connectivity index (χ0n) is 12.1. The topological polar surface area (TPSA) is 59.8 Å². The van der Waals surface area contributed by atoms with Crippen LogP contribution in [0.4, 0.5) is 0 Å². The summed E-state index contributed by atoms with van der Waals surface area (Å²) in [5, 5.41) is 3.46. The van der Waals surface area contributed by atoms with E-state index in [1.54, 1.807) is 6.07 Å². The van der Waals surface area contributed by atoms with Crippen LogP contribution in [0.1, 0.15) is 5.56 Å². The number of rotatable bonds is 1. The van der Waals surface area contributed by atoms with Crippen LogP contribution in [-0.4, -0.2) is 14.1 Å². The fourth-order valence-corrected chi connectivity index (χ4v) is 3.73. The van der Waals surface area contributed by atoms with Gasteiger partial charge in [-0.05, 0) is 42.1 Å². The highest BCUT2D eigenvalue weighted by Crippen LogP contribution is 2.21. The number of aryl methyl sites for hydroxylation is 2. The smallest absolute Gasteiger partial charge is 0.334 e. The van der Waals surface area contributed by atoms with E-state index in [2.05, 4.69) is 4.98 Å². The molecule has 0 fully saturated rings. The molecular formula is C16H13N3O2S. The second-order valence-corrected chi connectivity index (χ2v) is 6.24. The quantitative estimate of drug-likeness (QED) is 0.587. The number of aromatic amines is 1. The number of H-pyrrole nitrogens is 1. The van der Waals surface area contributed by atoms with E-state index in [4.69, 9.17) is 0 Å². The van der Waals surface area contributed by atoms with Crippen molar-refractivity contribution in [2.45, 2.75) is 6.92 Å². The molecule has 1 N–H and O–H groups in total. The summed E-state index contributed by atoms with van der Waals surface area (Å²) in [6.45, 7) is 1.88. The van der Waals surface area contributed by atoms with Gasteiger partial charge < -0.3 is 4.57 Å². The summed E-state index contributed by atoms with van der Waals surface area (Å²) in [5.74, 6) is 0. The largest absolute Gasteiger partial charge is 0.351 e. The molecule has 0 atom stereocenters. The van der Waals surface area contributed by atoms with E-state index in [1.807, 2.05) is 48.3 Å². The Bertz CT molecular complexity index is 1140. The minimum absolute atomic E-state index is 0.271. The Morgan fingerprint density at radius 2 is 2.00 bits per heavy atom. The molecule has 0 bridgehead atoms. The summed E-state index contributed by atoms with van der Waals surface area (Å²) < 4.78 is 3.20. The lowest BCUT2D eigenvalue weighted by atomic mass is 10.2. The van der Waals surface area contributed by atoms with E-state index in [-0.39, 0.29) is 5.56 Å². The third-order valence-electron chi connectivity index (χ3n) is 3.94. The molecule has 0 radical (unpaired) electrons. The summed E-state index contributed by atoms with van der Waals surface area (Å²) in [6, 6.07) is 7.54. The number of fused-ring (bicyclic) bond motifs is 2. The predicted molar refractivity (Wildman–Crippen MR) is 89.3 cm³/mol. The number of nitrogens with one attached hydrogen (secondary N) is 1. The summed E-state index contributed by atoms with van der Waals surface area (Å²) in [7, 11) is 1.96. The lowest BCUT2D eigenvalue weighted by molar-refractivity contribution is 0.904. The lowest BCUT2D eigenvalue weighted by Gasteiger charge is -2.06. The maximum atomic E-state index is 12.7. The van der Waals surface area contributed by atoms with E-state index in [9.17, 15) is 9.59 Å². The van der Waals surface area contributed by atoms with E-state index in [0.717, 1.165) is 16.5 Å². The highest BCUT2D eigenvalue weighted by molar-refractivity contribution is 7.16. The summed E-state index contributed by atoms with van der Waals surface area (Å²) >= 11 is 1.38. The average molecular weight is 311 g/mol. The van der Waals surface area contributed by atoms with Crippen molar-refractivity contribution < 1.29 is 0 Å². The summed E-state index contributed by atoms with van der Waals surface area (Å²) in [6.07, 6.45) is 1.95. The second kappa shape index (κ2) is 4.45. The number of aromatic nitrogens is 3. The number of benzene rings is 1. The zero-order chi connectivity index (χ0) is 15.4.